The number of carbonyl (C=O) groups is 1. The predicted molar refractivity (Wildman–Crippen MR) is 78.9 cm³/mol. The molecule has 2 heterocycles. The van der Waals surface area contributed by atoms with E-state index in [1.807, 2.05) is 12.3 Å². The zero-order valence-electron chi connectivity index (χ0n) is 10.5. The smallest absolute Gasteiger partial charge is 0.363 e. The third kappa shape index (κ3) is 2.64. The lowest BCUT2D eigenvalue weighted by Gasteiger charge is -1.98. The quantitative estimate of drug-likeness (QED) is 0.631. The molecule has 20 heavy (non-hydrogen) atoms. The van der Waals surface area contributed by atoms with E-state index >= 15 is 0 Å². The zero-order chi connectivity index (χ0) is 14.1. The third-order valence-corrected chi connectivity index (χ3v) is 3.68. The summed E-state index contributed by atoms with van der Waals surface area (Å²) in [6, 6.07) is 6.95. The summed E-state index contributed by atoms with van der Waals surface area (Å²) in [7, 11) is 0. The van der Waals surface area contributed by atoms with Gasteiger partial charge in [0.1, 0.15) is 0 Å². The van der Waals surface area contributed by atoms with E-state index in [2.05, 4.69) is 9.98 Å². The molecule has 0 N–H and O–H groups in total. The summed E-state index contributed by atoms with van der Waals surface area (Å²) in [6.07, 6.45) is 1.62. The number of rotatable bonds is 2. The van der Waals surface area contributed by atoms with Gasteiger partial charge in [0.15, 0.2) is 5.70 Å². The second kappa shape index (κ2) is 5.19. The van der Waals surface area contributed by atoms with E-state index < -0.39 is 5.97 Å². The number of thiazole rings is 1. The van der Waals surface area contributed by atoms with Crippen LogP contribution in [0.2, 0.25) is 5.02 Å². The molecule has 0 saturated heterocycles. The molecule has 1 aliphatic heterocycles. The number of hydrogen-bond donors (Lipinski definition) is 0. The van der Waals surface area contributed by atoms with Crippen molar-refractivity contribution in [2.24, 2.45) is 4.99 Å². The number of aliphatic imine (C=N–C) groups is 1. The second-order valence-corrected chi connectivity index (χ2v) is 5.63. The molecule has 0 bridgehead atoms. The van der Waals surface area contributed by atoms with Gasteiger partial charge < -0.3 is 4.74 Å². The number of aromatic nitrogens is 1. The number of nitrogens with zero attached hydrogens (tertiary/aromatic N) is 2. The fraction of sp³-hybridized carbons (Fsp3) is 0.0714. The number of carbonyl (C=O) groups excluding carboxylic acids is 1. The first kappa shape index (κ1) is 13.0. The molecular formula is C14H9ClN2O2S. The molecule has 0 aliphatic carbocycles. The van der Waals surface area contributed by atoms with E-state index in [9.17, 15) is 4.79 Å². The Balaban J connectivity index is 1.92. The summed E-state index contributed by atoms with van der Waals surface area (Å²) in [5, 5.41) is 3.42. The van der Waals surface area contributed by atoms with Crippen molar-refractivity contribution >= 4 is 40.9 Å². The molecule has 0 radical (unpaired) electrons. The monoisotopic (exact) mass is 304 g/mol. The van der Waals surface area contributed by atoms with E-state index in [0.29, 0.717) is 16.3 Å². The van der Waals surface area contributed by atoms with E-state index in [-0.39, 0.29) is 11.6 Å². The lowest BCUT2D eigenvalue weighted by Crippen LogP contribution is -2.05. The Morgan fingerprint density at radius 1 is 1.30 bits per heavy atom. The van der Waals surface area contributed by atoms with E-state index in [1.165, 1.54) is 11.3 Å². The molecule has 1 aliphatic rings. The molecule has 1 aromatic heterocycles. The molecule has 2 aromatic rings. The average molecular weight is 305 g/mol. The van der Waals surface area contributed by atoms with Crippen LogP contribution >= 0.6 is 22.9 Å². The molecule has 0 atom stereocenters. The molecule has 3 rings (SSSR count). The SMILES string of the molecule is Cc1nc(/C=C2/N=C(c3ccc(Cl)cc3)OC2=O)cs1. The molecule has 0 fully saturated rings. The number of halogens is 1. The molecule has 100 valence electrons. The van der Waals surface area contributed by atoms with Crippen molar-refractivity contribution in [1.29, 1.82) is 0 Å². The molecule has 0 spiro atoms. The minimum Gasteiger partial charge on any atom is -0.402 e. The van der Waals surface area contributed by atoms with Crippen LogP contribution < -0.4 is 0 Å². The summed E-state index contributed by atoms with van der Waals surface area (Å²) in [4.78, 5) is 20.2. The van der Waals surface area contributed by atoms with Crippen molar-refractivity contribution in [1.82, 2.24) is 4.98 Å². The lowest BCUT2D eigenvalue weighted by molar-refractivity contribution is -0.129. The van der Waals surface area contributed by atoms with Gasteiger partial charge in [-0.25, -0.2) is 14.8 Å². The maximum atomic E-state index is 11.8. The Kier molecular flexibility index (Phi) is 3.38. The van der Waals surface area contributed by atoms with Crippen molar-refractivity contribution in [2.75, 3.05) is 0 Å². The van der Waals surface area contributed by atoms with Gasteiger partial charge in [0, 0.05) is 16.0 Å². The maximum Gasteiger partial charge on any atom is 0.363 e. The first-order valence-corrected chi connectivity index (χ1v) is 7.08. The van der Waals surface area contributed by atoms with E-state index in [4.69, 9.17) is 16.3 Å². The van der Waals surface area contributed by atoms with Crippen LogP contribution in [0.25, 0.3) is 6.08 Å². The number of esters is 1. The summed E-state index contributed by atoms with van der Waals surface area (Å²) >= 11 is 7.34. The number of cyclic esters (lactones) is 1. The molecule has 4 nitrogen and oxygen atoms in total. The fourth-order valence-electron chi connectivity index (χ4n) is 1.71. The van der Waals surface area contributed by atoms with E-state index in [0.717, 1.165) is 5.01 Å². The lowest BCUT2D eigenvalue weighted by atomic mass is 10.2. The average Bonchev–Trinajstić information content (AvgIpc) is 2.98. The molecular weight excluding hydrogens is 296 g/mol. The predicted octanol–water partition coefficient (Wildman–Crippen LogP) is 3.45. The Morgan fingerprint density at radius 3 is 2.70 bits per heavy atom. The summed E-state index contributed by atoms with van der Waals surface area (Å²) in [6.45, 7) is 1.90. The van der Waals surface area contributed by atoms with Crippen LogP contribution in [0.1, 0.15) is 16.3 Å². The van der Waals surface area contributed by atoms with Crippen LogP contribution in [0, 0.1) is 6.92 Å². The third-order valence-electron chi connectivity index (χ3n) is 2.63. The van der Waals surface area contributed by atoms with Crippen molar-refractivity contribution in [2.45, 2.75) is 6.92 Å². The van der Waals surface area contributed by atoms with Gasteiger partial charge in [-0.3, -0.25) is 0 Å². The van der Waals surface area contributed by atoms with Gasteiger partial charge in [0.05, 0.1) is 10.7 Å². The molecule has 1 aromatic carbocycles. The number of hydrogen-bond acceptors (Lipinski definition) is 5. The van der Waals surface area contributed by atoms with Gasteiger partial charge in [-0.1, -0.05) is 11.6 Å². The second-order valence-electron chi connectivity index (χ2n) is 4.13. The van der Waals surface area contributed by atoms with Crippen molar-refractivity contribution in [3.63, 3.8) is 0 Å². The van der Waals surface area contributed by atoms with Gasteiger partial charge in [-0.2, -0.15) is 0 Å². The van der Waals surface area contributed by atoms with Gasteiger partial charge in [0.25, 0.3) is 0 Å². The van der Waals surface area contributed by atoms with Crippen LogP contribution in [0.4, 0.5) is 0 Å². The van der Waals surface area contributed by atoms with Crippen LogP contribution in [-0.2, 0) is 9.53 Å². The van der Waals surface area contributed by atoms with Crippen molar-refractivity contribution < 1.29 is 9.53 Å². The van der Waals surface area contributed by atoms with Crippen LogP contribution in [0.5, 0.6) is 0 Å². The Hall–Kier alpha value is -1.98. The topological polar surface area (TPSA) is 51.6 Å². The Bertz CT molecular complexity index is 732. The first-order valence-electron chi connectivity index (χ1n) is 5.82. The van der Waals surface area contributed by atoms with Gasteiger partial charge in [-0.05, 0) is 37.3 Å². The molecule has 6 heteroatoms. The van der Waals surface area contributed by atoms with Crippen molar-refractivity contribution in [3.8, 4) is 0 Å². The number of benzene rings is 1. The van der Waals surface area contributed by atoms with Gasteiger partial charge >= 0.3 is 5.97 Å². The largest absolute Gasteiger partial charge is 0.402 e. The highest BCUT2D eigenvalue weighted by molar-refractivity contribution is 7.09. The normalized spacial score (nSPS) is 16.4. The summed E-state index contributed by atoms with van der Waals surface area (Å²) in [5.41, 5.74) is 1.67. The summed E-state index contributed by atoms with van der Waals surface area (Å²) < 4.78 is 5.15. The van der Waals surface area contributed by atoms with Crippen LogP contribution in [0.15, 0.2) is 40.3 Å². The highest BCUT2D eigenvalue weighted by Gasteiger charge is 2.24. The Labute approximate surface area is 124 Å². The highest BCUT2D eigenvalue weighted by Crippen LogP contribution is 2.20. The molecule has 0 amide bonds. The fourth-order valence-corrected chi connectivity index (χ4v) is 2.41. The minimum atomic E-state index is -0.472. The number of ether oxygens (including phenoxy) is 1. The molecule has 0 saturated carbocycles. The molecule has 0 unspecified atom stereocenters. The Morgan fingerprint density at radius 2 is 2.05 bits per heavy atom. The van der Waals surface area contributed by atoms with Crippen molar-refractivity contribution in [3.05, 3.63) is 56.6 Å². The summed E-state index contributed by atoms with van der Waals surface area (Å²) in [5.74, 6) is -0.189. The van der Waals surface area contributed by atoms with E-state index in [1.54, 1.807) is 30.3 Å². The minimum absolute atomic E-state index is 0.250. The van der Waals surface area contributed by atoms with Crippen LogP contribution in [-0.4, -0.2) is 16.9 Å². The standard InChI is InChI=1S/C14H9ClN2O2S/c1-8-16-11(7-20-8)6-12-14(18)19-13(17-12)9-2-4-10(15)5-3-9/h2-7H,1H3/b12-6+. The van der Waals surface area contributed by atoms with Gasteiger partial charge in [-0.15, -0.1) is 11.3 Å². The first-order chi connectivity index (χ1) is 9.61. The zero-order valence-corrected chi connectivity index (χ0v) is 12.0. The van der Waals surface area contributed by atoms with Crippen LogP contribution in [0.3, 0.4) is 0 Å². The maximum absolute atomic E-state index is 11.8. The number of aryl methyl sites for hydroxylation is 1. The van der Waals surface area contributed by atoms with Gasteiger partial charge in [0.2, 0.25) is 5.90 Å². The highest BCUT2D eigenvalue weighted by atomic mass is 35.5.